The fourth-order valence-electron chi connectivity index (χ4n) is 1.65. The molecule has 0 bridgehead atoms. The molecule has 0 amide bonds. The van der Waals surface area contributed by atoms with Gasteiger partial charge in [-0.15, -0.1) is 0 Å². The van der Waals surface area contributed by atoms with Crippen LogP contribution in [0.2, 0.25) is 0 Å². The van der Waals surface area contributed by atoms with E-state index in [-0.39, 0.29) is 16.5 Å². The Morgan fingerprint density at radius 1 is 1.33 bits per heavy atom. The molecule has 1 rings (SSSR count). The Labute approximate surface area is 107 Å². The molecule has 0 radical (unpaired) electrons. The molecule has 0 aliphatic carbocycles. The molecule has 0 aliphatic rings. The zero-order valence-corrected chi connectivity index (χ0v) is 11.3. The van der Waals surface area contributed by atoms with Gasteiger partial charge in [-0.05, 0) is 30.5 Å². The van der Waals surface area contributed by atoms with Crippen molar-refractivity contribution in [1.82, 2.24) is 4.72 Å². The first kappa shape index (κ1) is 15.1. The maximum Gasteiger partial charge on any atom is 0.241 e. The molecule has 6 heteroatoms. The van der Waals surface area contributed by atoms with Crippen molar-refractivity contribution < 1.29 is 17.9 Å². The maximum absolute atomic E-state index is 13.1. The molecule has 2 N–H and O–H groups in total. The maximum atomic E-state index is 13.1. The molecule has 0 unspecified atom stereocenters. The van der Waals surface area contributed by atoms with Crippen molar-refractivity contribution in [3.8, 4) is 0 Å². The van der Waals surface area contributed by atoms with Crippen LogP contribution in [-0.2, 0) is 16.6 Å². The van der Waals surface area contributed by atoms with Gasteiger partial charge < -0.3 is 5.11 Å². The summed E-state index contributed by atoms with van der Waals surface area (Å²) >= 11 is 0. The average Bonchev–Trinajstić information content (AvgIpc) is 2.36. The van der Waals surface area contributed by atoms with Crippen molar-refractivity contribution in [2.75, 3.05) is 0 Å². The summed E-state index contributed by atoms with van der Waals surface area (Å²) in [4.78, 5) is -0.197. The van der Waals surface area contributed by atoms with Gasteiger partial charge in [-0.3, -0.25) is 0 Å². The van der Waals surface area contributed by atoms with Crippen molar-refractivity contribution in [2.45, 2.75) is 44.2 Å². The fraction of sp³-hybridized carbons (Fsp3) is 0.500. The number of aliphatic hydroxyl groups is 1. The SMILES string of the molecule is CCC(CC)NS(=O)(=O)c1cc(F)ccc1CO. The molecule has 1 aromatic carbocycles. The normalized spacial score (nSPS) is 12.1. The minimum atomic E-state index is -3.80. The molecule has 0 aromatic heterocycles. The van der Waals surface area contributed by atoms with Gasteiger partial charge in [-0.1, -0.05) is 19.9 Å². The van der Waals surface area contributed by atoms with E-state index in [0.29, 0.717) is 12.8 Å². The molecule has 0 saturated carbocycles. The summed E-state index contributed by atoms with van der Waals surface area (Å²) in [6, 6.07) is 3.14. The lowest BCUT2D eigenvalue weighted by atomic mass is 10.2. The molecule has 0 spiro atoms. The number of rotatable bonds is 6. The zero-order valence-electron chi connectivity index (χ0n) is 10.5. The summed E-state index contributed by atoms with van der Waals surface area (Å²) in [5.74, 6) is -0.642. The Bertz CT molecular complexity index is 498. The Hall–Kier alpha value is -0.980. The average molecular weight is 275 g/mol. The molecule has 4 nitrogen and oxygen atoms in total. The summed E-state index contributed by atoms with van der Waals surface area (Å²) in [6.45, 7) is 3.30. The zero-order chi connectivity index (χ0) is 13.8. The monoisotopic (exact) mass is 275 g/mol. The highest BCUT2D eigenvalue weighted by Crippen LogP contribution is 2.18. The quantitative estimate of drug-likeness (QED) is 0.831. The number of halogens is 1. The first-order valence-electron chi connectivity index (χ1n) is 5.86. The van der Waals surface area contributed by atoms with E-state index in [1.807, 2.05) is 13.8 Å². The molecule has 18 heavy (non-hydrogen) atoms. The van der Waals surface area contributed by atoms with E-state index in [0.717, 1.165) is 12.1 Å². The summed E-state index contributed by atoms with van der Waals surface area (Å²) in [6.07, 6.45) is 1.30. The third kappa shape index (κ3) is 3.51. The molecule has 0 aliphatic heterocycles. The van der Waals surface area contributed by atoms with Crippen LogP contribution in [0.1, 0.15) is 32.3 Å². The largest absolute Gasteiger partial charge is 0.392 e. The Kier molecular flexibility index (Phi) is 5.25. The van der Waals surface area contributed by atoms with Crippen LogP contribution in [0, 0.1) is 5.82 Å². The highest BCUT2D eigenvalue weighted by atomic mass is 32.2. The Morgan fingerprint density at radius 3 is 2.44 bits per heavy atom. The van der Waals surface area contributed by atoms with Crippen LogP contribution in [0.15, 0.2) is 23.1 Å². The number of hydrogen-bond acceptors (Lipinski definition) is 3. The lowest BCUT2D eigenvalue weighted by Crippen LogP contribution is -2.34. The van der Waals surface area contributed by atoms with Crippen LogP contribution in [0.25, 0.3) is 0 Å². The molecule has 1 aromatic rings. The van der Waals surface area contributed by atoms with E-state index in [9.17, 15) is 12.8 Å². The number of sulfonamides is 1. The minimum Gasteiger partial charge on any atom is -0.392 e. The van der Waals surface area contributed by atoms with Crippen molar-refractivity contribution >= 4 is 10.0 Å². The third-order valence-electron chi connectivity index (χ3n) is 2.80. The first-order chi connectivity index (χ1) is 8.44. The van der Waals surface area contributed by atoms with E-state index in [1.165, 1.54) is 6.07 Å². The van der Waals surface area contributed by atoms with Crippen LogP contribution in [0.3, 0.4) is 0 Å². The second-order valence-electron chi connectivity index (χ2n) is 4.04. The van der Waals surface area contributed by atoms with Gasteiger partial charge in [0.15, 0.2) is 0 Å². The van der Waals surface area contributed by atoms with Crippen molar-refractivity contribution in [1.29, 1.82) is 0 Å². The lowest BCUT2D eigenvalue weighted by Gasteiger charge is -2.16. The van der Waals surface area contributed by atoms with Gasteiger partial charge in [0.1, 0.15) is 5.82 Å². The molecular formula is C12H18FNO3S. The van der Waals surface area contributed by atoms with Crippen LogP contribution in [0.5, 0.6) is 0 Å². The van der Waals surface area contributed by atoms with E-state index in [1.54, 1.807) is 0 Å². The van der Waals surface area contributed by atoms with Gasteiger partial charge in [-0.2, -0.15) is 0 Å². The Morgan fingerprint density at radius 2 is 1.94 bits per heavy atom. The van der Waals surface area contributed by atoms with Crippen LogP contribution in [-0.4, -0.2) is 19.6 Å². The topological polar surface area (TPSA) is 66.4 Å². The molecule has 0 fully saturated rings. The van der Waals surface area contributed by atoms with Gasteiger partial charge in [0.25, 0.3) is 0 Å². The summed E-state index contributed by atoms with van der Waals surface area (Å²) in [5, 5.41) is 9.11. The summed E-state index contributed by atoms with van der Waals surface area (Å²) in [7, 11) is -3.80. The number of nitrogens with one attached hydrogen (secondary N) is 1. The van der Waals surface area contributed by atoms with Crippen LogP contribution >= 0.6 is 0 Å². The highest BCUT2D eigenvalue weighted by molar-refractivity contribution is 7.89. The van der Waals surface area contributed by atoms with Gasteiger partial charge >= 0.3 is 0 Å². The van der Waals surface area contributed by atoms with Crippen molar-refractivity contribution in [3.63, 3.8) is 0 Å². The lowest BCUT2D eigenvalue weighted by molar-refractivity contribution is 0.278. The molecule has 102 valence electrons. The predicted octanol–water partition coefficient (Wildman–Crippen LogP) is 1.78. The molecule has 0 atom stereocenters. The smallest absolute Gasteiger partial charge is 0.241 e. The van der Waals surface area contributed by atoms with Gasteiger partial charge in [0.2, 0.25) is 10.0 Å². The number of hydrogen-bond donors (Lipinski definition) is 2. The summed E-state index contributed by atoms with van der Waals surface area (Å²) < 4.78 is 39.9. The molecule has 0 heterocycles. The van der Waals surface area contributed by atoms with Gasteiger partial charge in [0, 0.05) is 6.04 Å². The predicted molar refractivity (Wildman–Crippen MR) is 67.0 cm³/mol. The van der Waals surface area contributed by atoms with Crippen molar-refractivity contribution in [2.24, 2.45) is 0 Å². The van der Waals surface area contributed by atoms with Gasteiger partial charge in [-0.25, -0.2) is 17.5 Å². The van der Waals surface area contributed by atoms with E-state index >= 15 is 0 Å². The van der Waals surface area contributed by atoms with Gasteiger partial charge in [0.05, 0.1) is 11.5 Å². The minimum absolute atomic E-state index is 0.190. The van der Waals surface area contributed by atoms with E-state index < -0.39 is 22.4 Å². The fourth-order valence-corrected chi connectivity index (χ4v) is 3.29. The van der Waals surface area contributed by atoms with Crippen molar-refractivity contribution in [3.05, 3.63) is 29.6 Å². The van der Waals surface area contributed by atoms with E-state index in [4.69, 9.17) is 5.11 Å². The second-order valence-corrected chi connectivity index (χ2v) is 5.73. The number of benzene rings is 1. The molecular weight excluding hydrogens is 257 g/mol. The third-order valence-corrected chi connectivity index (χ3v) is 4.40. The summed E-state index contributed by atoms with van der Waals surface area (Å²) in [5.41, 5.74) is 0.190. The van der Waals surface area contributed by atoms with E-state index in [2.05, 4.69) is 4.72 Å². The standard InChI is InChI=1S/C12H18FNO3S/c1-3-11(4-2)14-18(16,17)12-7-10(13)6-5-9(12)8-15/h5-7,11,14-15H,3-4,8H2,1-2H3. The second kappa shape index (κ2) is 6.26. The van der Waals surface area contributed by atoms with Crippen LogP contribution < -0.4 is 4.72 Å². The molecule has 0 saturated heterocycles. The Balaban J connectivity index is 3.15. The number of aliphatic hydroxyl groups excluding tert-OH is 1. The highest BCUT2D eigenvalue weighted by Gasteiger charge is 2.21. The first-order valence-corrected chi connectivity index (χ1v) is 7.34. The van der Waals surface area contributed by atoms with Crippen LogP contribution in [0.4, 0.5) is 4.39 Å².